The normalized spacial score (nSPS) is 17.1. The van der Waals surface area contributed by atoms with Crippen LogP contribution < -0.4 is 21.3 Å². The summed E-state index contributed by atoms with van der Waals surface area (Å²) in [6, 6.07) is 13.7. The molecule has 3 aromatic rings. The molecule has 1 saturated heterocycles. The van der Waals surface area contributed by atoms with Crippen molar-refractivity contribution in [2.24, 2.45) is 0 Å². The van der Waals surface area contributed by atoms with Crippen LogP contribution in [0.3, 0.4) is 0 Å². The van der Waals surface area contributed by atoms with Gasteiger partial charge in [-0.2, -0.15) is 0 Å². The zero-order valence-corrected chi connectivity index (χ0v) is 51.4. The van der Waals surface area contributed by atoms with E-state index in [9.17, 15) is 54.0 Å². The number of hydrogen-bond acceptors (Lipinski definition) is 15. The first-order valence-electron chi connectivity index (χ1n) is 28.7. The van der Waals surface area contributed by atoms with Gasteiger partial charge >= 0.3 is 23.9 Å². The van der Waals surface area contributed by atoms with Crippen LogP contribution in [-0.2, 0) is 41.7 Å². The Morgan fingerprint density at radius 2 is 1.36 bits per heavy atom. The predicted molar refractivity (Wildman–Crippen MR) is 328 cm³/mol. The van der Waals surface area contributed by atoms with E-state index in [2.05, 4.69) is 50.3 Å². The van der Waals surface area contributed by atoms with Gasteiger partial charge in [-0.25, -0.2) is 4.68 Å². The molecule has 1 atom stereocenters. The molecule has 1 radical (unpaired) electrons. The standard InChI is InChI=1S/C60H81N13O11S.Lu/c1-4-5-12-44-25-29-72(52(75)16-9-8-15-51(74)63-46-23-19-45(20-24-46)59(84)61-27-30-67(2)3)50-14-7-6-13-49(50)58-57(44)65-66-73(58)28-11-10-26-62-60(85)64-47-21-17-43(18-22-47)37-48-38-70(41-55(80)81)34-33-68(39-53(76)77)31-32-69(40-54(78)79)35-36-71(48)42-56(82)83;/h4-6,12-13,17-25,48H,1,7-11,14-16,26-42H2,2-3H3,(H,61,84)(H,63,74)(H,76,77)(H,78,79)(H,80,81)(H,82,83)(H2,62,64,85);/b12-5-,44-25-;/i;1+2. The van der Waals surface area contributed by atoms with Crippen LogP contribution in [0.15, 0.2) is 97.3 Å². The molecule has 1 fully saturated rings. The third kappa shape index (κ3) is 23.5. The Hall–Kier alpha value is -6.71. The Morgan fingerprint density at radius 1 is 0.744 bits per heavy atom. The van der Waals surface area contributed by atoms with Crippen LogP contribution in [0.5, 0.6) is 0 Å². The Kier molecular flexibility index (Phi) is 29.7. The first-order chi connectivity index (χ1) is 40.8. The Labute approximate surface area is 536 Å². The van der Waals surface area contributed by atoms with Gasteiger partial charge in [-0.3, -0.25) is 53.2 Å². The number of fused-ring (bicyclic) bond motifs is 2. The average molecular weight is 1370 g/mol. The number of anilines is 2. The van der Waals surface area contributed by atoms with Crippen molar-refractivity contribution < 1.29 is 90.9 Å². The van der Waals surface area contributed by atoms with Gasteiger partial charge in [0.1, 0.15) is 5.69 Å². The maximum atomic E-state index is 14.1. The molecule has 86 heavy (non-hydrogen) atoms. The van der Waals surface area contributed by atoms with E-state index >= 15 is 0 Å². The SMILES string of the molecule is C=C/C=C\C1=C\CN(C(=O)CCCCC(=O)Nc2ccc(C(=O)NCCN(C)C)cc2)C2=C(C=CCC2)c2c1nnn2CCCCNC(=S)Nc1ccc(CC2CN(CC(=O)O)CCN(CC(=O)O)CCN(CC(=O)O)CCN2CC(=O)O)cc1.[177Lu]. The van der Waals surface area contributed by atoms with E-state index < -0.39 is 29.9 Å². The summed E-state index contributed by atoms with van der Waals surface area (Å²) in [7, 11) is 3.87. The summed E-state index contributed by atoms with van der Waals surface area (Å²) < 4.78 is 1.90. The predicted octanol–water partition coefficient (Wildman–Crippen LogP) is 4.04. The zero-order valence-electron chi connectivity index (χ0n) is 48.9. The third-order valence-corrected chi connectivity index (χ3v) is 14.8. The van der Waals surface area contributed by atoms with Crippen LogP contribution in [0.4, 0.5) is 11.4 Å². The number of thiocarbonyl (C=S) groups is 1. The van der Waals surface area contributed by atoms with Crippen molar-refractivity contribution in [1.82, 2.24) is 55.0 Å². The number of amides is 3. The molecule has 24 nitrogen and oxygen atoms in total. The number of nitrogens with one attached hydrogen (secondary N) is 4. The molecule has 1 aromatic heterocycles. The molecule has 2 aromatic carbocycles. The minimum atomic E-state index is -1.09. The molecule has 3 aliphatic rings. The fraction of sp³-hybridized carbons (Fsp3) is 0.467. The van der Waals surface area contributed by atoms with Crippen LogP contribution in [0, 0.1) is 36.9 Å². The van der Waals surface area contributed by atoms with E-state index in [0.717, 1.165) is 47.5 Å². The molecule has 0 saturated carbocycles. The Bertz CT molecular complexity index is 2950. The van der Waals surface area contributed by atoms with Crippen molar-refractivity contribution in [2.45, 2.75) is 70.4 Å². The summed E-state index contributed by atoms with van der Waals surface area (Å²) in [5, 5.41) is 61.0. The number of aromatic nitrogens is 3. The molecule has 1 aliphatic carbocycles. The number of hydrogen-bond donors (Lipinski definition) is 8. The number of allylic oxidation sites excluding steroid dienone is 8. The van der Waals surface area contributed by atoms with Gasteiger partial charge in [0.2, 0.25) is 11.8 Å². The Balaban J connectivity index is 0.0000135. The van der Waals surface area contributed by atoms with Gasteiger partial charge in [0.05, 0.1) is 31.9 Å². The maximum Gasteiger partial charge on any atom is 0.317 e. The largest absolute Gasteiger partial charge is 0.480 e. The molecule has 6 rings (SSSR count). The third-order valence-electron chi connectivity index (χ3n) is 14.6. The number of likely N-dealkylation sites (N-methyl/N-ethyl adjacent to an activating group) is 1. The molecule has 3 heterocycles. The molecule has 0 bridgehead atoms. The molecule has 2 aliphatic heterocycles. The van der Waals surface area contributed by atoms with E-state index in [1.165, 1.54) is 0 Å². The van der Waals surface area contributed by atoms with Crippen molar-refractivity contribution in [1.29, 1.82) is 0 Å². The second-order valence-electron chi connectivity index (χ2n) is 21.4. The summed E-state index contributed by atoms with van der Waals surface area (Å²) in [6.45, 7) is 6.52. The van der Waals surface area contributed by atoms with Crippen LogP contribution in [-0.4, -0.2) is 230 Å². The van der Waals surface area contributed by atoms with Crippen LogP contribution in [0.25, 0.3) is 11.1 Å². The summed E-state index contributed by atoms with van der Waals surface area (Å²) in [4.78, 5) is 97.8. The smallest absolute Gasteiger partial charge is 0.317 e. The number of benzene rings is 2. The quantitative estimate of drug-likeness (QED) is 0.0289. The van der Waals surface area contributed by atoms with Gasteiger partial charge in [-0.15, -0.1) is 5.10 Å². The molecule has 0 spiro atoms. The van der Waals surface area contributed by atoms with Gasteiger partial charge in [-0.05, 0) is 113 Å². The van der Waals surface area contributed by atoms with Crippen molar-refractivity contribution in [3.63, 3.8) is 0 Å². The average Bonchev–Trinajstić information content (AvgIpc) is 1.66. The monoisotopic (exact) mass is 1370 g/mol. The summed E-state index contributed by atoms with van der Waals surface area (Å²) >= 11 is 5.68. The molecule has 8 N–H and O–H groups in total. The van der Waals surface area contributed by atoms with Gasteiger partial charge < -0.3 is 51.5 Å². The number of nitrogens with zero attached hydrogens (tertiary/aromatic N) is 9. The van der Waals surface area contributed by atoms with Crippen molar-refractivity contribution >= 4 is 81.5 Å². The number of carbonyl (C=O) groups excluding carboxylic acids is 3. The second kappa shape index (κ2) is 36.4. The Morgan fingerprint density at radius 3 is 2.01 bits per heavy atom. The number of carboxylic acids is 4. The maximum absolute atomic E-state index is 14.1. The molecule has 26 heteroatoms. The first kappa shape index (κ1) is 70.1. The van der Waals surface area contributed by atoms with Gasteiger partial charge in [-0.1, -0.05) is 60.4 Å². The number of carboxylic acid groups (broad SMARTS) is 4. The molecular formula is C60H81LuN13O11S. The zero-order chi connectivity index (χ0) is 61.3. The number of aryl methyl sites for hydroxylation is 1. The summed E-state index contributed by atoms with van der Waals surface area (Å²) in [5.74, 6) is -4.71. The van der Waals surface area contributed by atoms with Gasteiger partial charge in [0.15, 0.2) is 5.11 Å². The fourth-order valence-electron chi connectivity index (χ4n) is 10.3. The number of unbranched alkanes of at least 4 members (excludes halogenated alkanes) is 2. The molecule has 3 amide bonds. The minimum absolute atomic E-state index is 0. The van der Waals surface area contributed by atoms with E-state index in [1.54, 1.807) is 49.9 Å². The van der Waals surface area contributed by atoms with Crippen LogP contribution >= 0.6 is 12.2 Å². The van der Waals surface area contributed by atoms with Gasteiger partial charge in [0, 0.05) is 168 Å². The van der Waals surface area contributed by atoms with E-state index in [-0.39, 0.29) is 139 Å². The summed E-state index contributed by atoms with van der Waals surface area (Å²) in [6.07, 6.45) is 16.3. The molecular weight excluding hydrogens is 1290 g/mol. The van der Waals surface area contributed by atoms with Crippen LogP contribution in [0.2, 0.25) is 0 Å². The molecule has 1 unspecified atom stereocenters. The number of rotatable bonds is 28. The number of carbonyl (C=O) groups is 7. The summed E-state index contributed by atoms with van der Waals surface area (Å²) in [5.41, 5.74) is 6.75. The molecule has 473 valence electrons. The second-order valence-corrected chi connectivity index (χ2v) is 21.8. The van der Waals surface area contributed by atoms with E-state index in [0.29, 0.717) is 86.0 Å². The first-order valence-corrected chi connectivity index (χ1v) is 29.1. The minimum Gasteiger partial charge on any atom is -0.480 e. The number of aliphatic carboxylic acids is 4. The van der Waals surface area contributed by atoms with Crippen molar-refractivity contribution in [3.8, 4) is 0 Å². The van der Waals surface area contributed by atoms with E-state index in [4.69, 9.17) is 12.2 Å². The fourth-order valence-corrected chi connectivity index (χ4v) is 10.5. The van der Waals surface area contributed by atoms with Crippen molar-refractivity contribution in [3.05, 3.63) is 120 Å². The van der Waals surface area contributed by atoms with Crippen molar-refractivity contribution in [2.75, 3.05) is 123 Å². The van der Waals surface area contributed by atoms with E-state index in [1.807, 2.05) is 71.1 Å². The van der Waals surface area contributed by atoms with Crippen LogP contribution in [0.1, 0.15) is 78.7 Å². The topological polar surface area (TPSA) is 299 Å². The van der Waals surface area contributed by atoms with Gasteiger partial charge in [0.25, 0.3) is 5.91 Å².